The zero-order valence-corrected chi connectivity index (χ0v) is 12.0. The summed E-state index contributed by atoms with van der Waals surface area (Å²) >= 11 is 0. The standard InChI is InChI=1S/C13H20FNO3S/c1-10(2)7-13(8-16)15-19(17,18)9-11-3-5-12(14)6-4-11/h3-6,10,13,15-16H,7-9H2,1-2H3. The summed E-state index contributed by atoms with van der Waals surface area (Å²) in [5.74, 6) is -0.338. The first-order chi connectivity index (χ1) is 8.82. The van der Waals surface area contributed by atoms with Crippen molar-refractivity contribution in [2.75, 3.05) is 6.61 Å². The van der Waals surface area contributed by atoms with Gasteiger partial charge < -0.3 is 5.11 Å². The van der Waals surface area contributed by atoms with Crippen LogP contribution in [0.15, 0.2) is 24.3 Å². The van der Waals surface area contributed by atoms with Crippen LogP contribution in [0.25, 0.3) is 0 Å². The molecular weight excluding hydrogens is 269 g/mol. The van der Waals surface area contributed by atoms with E-state index < -0.39 is 21.9 Å². The Hall–Kier alpha value is -0.980. The molecule has 1 atom stereocenters. The Morgan fingerprint density at radius 3 is 2.32 bits per heavy atom. The summed E-state index contributed by atoms with van der Waals surface area (Å²) in [5, 5.41) is 9.16. The minimum Gasteiger partial charge on any atom is -0.395 e. The van der Waals surface area contributed by atoms with Gasteiger partial charge in [-0.25, -0.2) is 17.5 Å². The predicted molar refractivity (Wildman–Crippen MR) is 72.5 cm³/mol. The van der Waals surface area contributed by atoms with Gasteiger partial charge in [0.25, 0.3) is 0 Å². The topological polar surface area (TPSA) is 66.4 Å². The first-order valence-electron chi connectivity index (χ1n) is 6.17. The second-order valence-electron chi connectivity index (χ2n) is 5.01. The van der Waals surface area contributed by atoms with Crippen LogP contribution in [0.3, 0.4) is 0 Å². The van der Waals surface area contributed by atoms with Crippen molar-refractivity contribution >= 4 is 10.0 Å². The molecule has 108 valence electrons. The molecule has 0 spiro atoms. The van der Waals surface area contributed by atoms with E-state index in [1.54, 1.807) is 0 Å². The van der Waals surface area contributed by atoms with Crippen LogP contribution in [0.2, 0.25) is 0 Å². The molecule has 0 radical (unpaired) electrons. The van der Waals surface area contributed by atoms with Crippen LogP contribution in [0, 0.1) is 11.7 Å². The summed E-state index contributed by atoms with van der Waals surface area (Å²) < 4.78 is 39.0. The van der Waals surface area contributed by atoms with Gasteiger partial charge in [0.1, 0.15) is 5.82 Å². The lowest BCUT2D eigenvalue weighted by atomic mass is 10.1. The third kappa shape index (κ3) is 6.13. The molecule has 6 heteroatoms. The van der Waals surface area contributed by atoms with Crippen molar-refractivity contribution in [1.29, 1.82) is 0 Å². The Bertz CT molecular complexity index is 485. The number of sulfonamides is 1. The highest BCUT2D eigenvalue weighted by Gasteiger charge is 2.18. The molecule has 4 nitrogen and oxygen atoms in total. The highest BCUT2D eigenvalue weighted by atomic mass is 32.2. The maximum atomic E-state index is 12.7. The van der Waals surface area contributed by atoms with Crippen LogP contribution < -0.4 is 4.72 Å². The van der Waals surface area contributed by atoms with E-state index in [9.17, 15) is 12.8 Å². The molecule has 0 amide bonds. The highest BCUT2D eigenvalue weighted by molar-refractivity contribution is 7.88. The van der Waals surface area contributed by atoms with E-state index in [1.165, 1.54) is 24.3 Å². The van der Waals surface area contributed by atoms with Gasteiger partial charge in [-0.2, -0.15) is 0 Å². The Morgan fingerprint density at radius 2 is 1.84 bits per heavy atom. The van der Waals surface area contributed by atoms with E-state index in [1.807, 2.05) is 13.8 Å². The smallest absolute Gasteiger partial charge is 0.216 e. The van der Waals surface area contributed by atoms with Crippen LogP contribution in [-0.4, -0.2) is 26.2 Å². The van der Waals surface area contributed by atoms with E-state index in [4.69, 9.17) is 5.11 Å². The van der Waals surface area contributed by atoms with Gasteiger partial charge in [0, 0.05) is 6.04 Å². The molecule has 0 saturated heterocycles. The van der Waals surface area contributed by atoms with Crippen LogP contribution in [-0.2, 0) is 15.8 Å². The van der Waals surface area contributed by atoms with Gasteiger partial charge in [-0.1, -0.05) is 26.0 Å². The molecule has 0 aromatic heterocycles. The molecule has 19 heavy (non-hydrogen) atoms. The SMILES string of the molecule is CC(C)CC(CO)NS(=O)(=O)Cc1ccc(F)cc1. The number of halogens is 1. The Balaban J connectivity index is 2.67. The highest BCUT2D eigenvalue weighted by Crippen LogP contribution is 2.10. The van der Waals surface area contributed by atoms with E-state index >= 15 is 0 Å². The van der Waals surface area contributed by atoms with Gasteiger partial charge in [-0.05, 0) is 30.0 Å². The molecular formula is C13H20FNO3S. The lowest BCUT2D eigenvalue weighted by Crippen LogP contribution is -2.39. The van der Waals surface area contributed by atoms with Crippen molar-refractivity contribution in [2.45, 2.75) is 32.1 Å². The van der Waals surface area contributed by atoms with Crippen molar-refractivity contribution in [3.05, 3.63) is 35.6 Å². The molecule has 0 aliphatic carbocycles. The molecule has 0 bridgehead atoms. The second kappa shape index (κ2) is 6.98. The first kappa shape index (κ1) is 16.1. The average Bonchev–Trinajstić information content (AvgIpc) is 2.30. The van der Waals surface area contributed by atoms with Crippen molar-refractivity contribution < 1.29 is 17.9 Å². The van der Waals surface area contributed by atoms with Crippen LogP contribution in [0.5, 0.6) is 0 Å². The number of nitrogens with one attached hydrogen (secondary N) is 1. The summed E-state index contributed by atoms with van der Waals surface area (Å²) in [5.41, 5.74) is 0.509. The zero-order valence-electron chi connectivity index (χ0n) is 11.1. The van der Waals surface area contributed by atoms with E-state index in [-0.39, 0.29) is 18.3 Å². The van der Waals surface area contributed by atoms with Gasteiger partial charge in [0.05, 0.1) is 12.4 Å². The normalized spacial score (nSPS) is 13.7. The molecule has 1 unspecified atom stereocenters. The van der Waals surface area contributed by atoms with Crippen molar-refractivity contribution in [2.24, 2.45) is 5.92 Å². The first-order valence-corrected chi connectivity index (χ1v) is 7.83. The van der Waals surface area contributed by atoms with Crippen molar-refractivity contribution in [3.8, 4) is 0 Å². The summed E-state index contributed by atoms with van der Waals surface area (Å²) in [7, 11) is -3.54. The van der Waals surface area contributed by atoms with E-state index in [0.717, 1.165) is 0 Å². The van der Waals surface area contributed by atoms with E-state index in [0.29, 0.717) is 12.0 Å². The fourth-order valence-corrected chi connectivity index (χ4v) is 3.22. The predicted octanol–water partition coefficient (Wildman–Crippen LogP) is 1.65. The lowest BCUT2D eigenvalue weighted by molar-refractivity contribution is 0.240. The van der Waals surface area contributed by atoms with Crippen LogP contribution >= 0.6 is 0 Å². The number of benzene rings is 1. The number of aliphatic hydroxyl groups is 1. The molecule has 1 rings (SSSR count). The monoisotopic (exact) mass is 289 g/mol. The molecule has 0 saturated carbocycles. The molecule has 0 heterocycles. The third-order valence-electron chi connectivity index (χ3n) is 2.59. The number of hydrogen-bond donors (Lipinski definition) is 2. The van der Waals surface area contributed by atoms with Crippen LogP contribution in [0.1, 0.15) is 25.8 Å². The molecule has 0 aliphatic rings. The fraction of sp³-hybridized carbons (Fsp3) is 0.538. The molecule has 0 fully saturated rings. The molecule has 0 aliphatic heterocycles. The largest absolute Gasteiger partial charge is 0.395 e. The van der Waals surface area contributed by atoms with Gasteiger partial charge >= 0.3 is 0 Å². The molecule has 2 N–H and O–H groups in total. The number of rotatable bonds is 7. The Morgan fingerprint density at radius 1 is 1.26 bits per heavy atom. The number of hydrogen-bond acceptors (Lipinski definition) is 3. The minimum absolute atomic E-state index is 0.220. The maximum Gasteiger partial charge on any atom is 0.216 e. The maximum absolute atomic E-state index is 12.7. The molecule has 1 aromatic carbocycles. The van der Waals surface area contributed by atoms with Gasteiger partial charge in [0.15, 0.2) is 0 Å². The summed E-state index contributed by atoms with van der Waals surface area (Å²) in [6.07, 6.45) is 0.569. The summed E-state index contributed by atoms with van der Waals surface area (Å²) in [6, 6.07) is 4.84. The zero-order chi connectivity index (χ0) is 14.5. The van der Waals surface area contributed by atoms with Crippen molar-refractivity contribution in [3.63, 3.8) is 0 Å². The van der Waals surface area contributed by atoms with Crippen LogP contribution in [0.4, 0.5) is 4.39 Å². The third-order valence-corrected chi connectivity index (χ3v) is 4.00. The molecule has 1 aromatic rings. The van der Waals surface area contributed by atoms with Gasteiger partial charge in [-0.3, -0.25) is 0 Å². The van der Waals surface area contributed by atoms with Gasteiger partial charge in [-0.15, -0.1) is 0 Å². The van der Waals surface area contributed by atoms with Crippen molar-refractivity contribution in [1.82, 2.24) is 4.72 Å². The van der Waals surface area contributed by atoms with Gasteiger partial charge in [0.2, 0.25) is 10.0 Å². The second-order valence-corrected chi connectivity index (χ2v) is 6.77. The minimum atomic E-state index is -3.54. The summed E-state index contributed by atoms with van der Waals surface area (Å²) in [6.45, 7) is 3.68. The Labute approximate surface area is 113 Å². The van der Waals surface area contributed by atoms with E-state index in [2.05, 4.69) is 4.72 Å². The number of aliphatic hydroxyl groups excluding tert-OH is 1. The average molecular weight is 289 g/mol. The summed E-state index contributed by atoms with van der Waals surface area (Å²) in [4.78, 5) is 0. The quantitative estimate of drug-likeness (QED) is 0.802. The fourth-order valence-electron chi connectivity index (χ4n) is 1.82. The lowest BCUT2D eigenvalue weighted by Gasteiger charge is -2.18. The Kier molecular flexibility index (Phi) is 5.90.